The Morgan fingerprint density at radius 3 is 1.85 bits per heavy atom. The standard InChI is InChI=1S/C27H26FN3O2/c28-23-13-7-8-14-24(23)30-17-15-29(16-18-30)20-31-25(32)19-27(26(31)33,21-9-3-1-4-10-21)22-11-5-2-6-12-22/h1-14H,15-20H2. The molecule has 5 rings (SSSR count). The number of halogens is 1. The van der Waals surface area contributed by atoms with Gasteiger partial charge in [-0.3, -0.25) is 19.4 Å². The summed E-state index contributed by atoms with van der Waals surface area (Å²) in [5.41, 5.74) is 1.26. The molecule has 0 spiro atoms. The molecule has 2 aliphatic rings. The van der Waals surface area contributed by atoms with E-state index in [1.54, 1.807) is 12.1 Å². The van der Waals surface area contributed by atoms with Gasteiger partial charge < -0.3 is 4.90 Å². The average molecular weight is 444 g/mol. The van der Waals surface area contributed by atoms with Gasteiger partial charge in [0.2, 0.25) is 11.8 Å². The highest BCUT2D eigenvalue weighted by Crippen LogP contribution is 2.42. The molecule has 168 valence electrons. The van der Waals surface area contributed by atoms with Crippen LogP contribution in [-0.2, 0) is 15.0 Å². The molecule has 2 fully saturated rings. The maximum atomic E-state index is 14.2. The van der Waals surface area contributed by atoms with Gasteiger partial charge in [-0.05, 0) is 23.3 Å². The van der Waals surface area contributed by atoms with E-state index in [2.05, 4.69) is 4.90 Å². The molecule has 6 heteroatoms. The largest absolute Gasteiger partial charge is 0.367 e. The SMILES string of the molecule is O=C1CC(c2ccccc2)(c2ccccc2)C(=O)N1CN1CCN(c2ccccc2F)CC1. The molecule has 2 heterocycles. The maximum Gasteiger partial charge on any atom is 0.245 e. The molecular weight excluding hydrogens is 417 g/mol. The molecule has 0 radical (unpaired) electrons. The first-order valence-electron chi connectivity index (χ1n) is 11.3. The van der Waals surface area contributed by atoms with E-state index < -0.39 is 5.41 Å². The molecule has 3 aromatic carbocycles. The summed E-state index contributed by atoms with van der Waals surface area (Å²) in [7, 11) is 0. The Hall–Kier alpha value is -3.51. The maximum absolute atomic E-state index is 14.2. The van der Waals surface area contributed by atoms with Crippen molar-refractivity contribution in [3.63, 3.8) is 0 Å². The van der Waals surface area contributed by atoms with Gasteiger partial charge >= 0.3 is 0 Å². The first-order valence-corrected chi connectivity index (χ1v) is 11.3. The number of likely N-dealkylation sites (tertiary alicyclic amines) is 1. The summed E-state index contributed by atoms with van der Waals surface area (Å²) in [4.78, 5) is 32.5. The van der Waals surface area contributed by atoms with E-state index in [1.807, 2.05) is 71.6 Å². The number of para-hydroxylation sites is 1. The van der Waals surface area contributed by atoms with Crippen molar-refractivity contribution >= 4 is 17.5 Å². The van der Waals surface area contributed by atoms with Crippen molar-refractivity contribution in [2.45, 2.75) is 11.8 Å². The van der Waals surface area contributed by atoms with Crippen LogP contribution in [-0.4, -0.2) is 54.5 Å². The highest BCUT2D eigenvalue weighted by atomic mass is 19.1. The fourth-order valence-electron chi connectivity index (χ4n) is 4.99. The Bertz CT molecular complexity index is 1100. The Balaban J connectivity index is 1.36. The topological polar surface area (TPSA) is 43.9 Å². The van der Waals surface area contributed by atoms with Crippen molar-refractivity contribution in [1.82, 2.24) is 9.80 Å². The van der Waals surface area contributed by atoms with Gasteiger partial charge in [0, 0.05) is 32.6 Å². The van der Waals surface area contributed by atoms with E-state index in [-0.39, 0.29) is 30.7 Å². The molecule has 0 aromatic heterocycles. The van der Waals surface area contributed by atoms with Crippen LogP contribution in [0.5, 0.6) is 0 Å². The second-order valence-corrected chi connectivity index (χ2v) is 8.64. The normalized spacial score (nSPS) is 18.7. The quantitative estimate of drug-likeness (QED) is 0.565. The van der Waals surface area contributed by atoms with Gasteiger partial charge in [0.05, 0.1) is 12.4 Å². The molecule has 0 N–H and O–H groups in total. The van der Waals surface area contributed by atoms with Crippen molar-refractivity contribution in [2.24, 2.45) is 0 Å². The number of rotatable bonds is 5. The number of nitrogens with zero attached hydrogens (tertiary/aromatic N) is 3. The van der Waals surface area contributed by atoms with E-state index in [1.165, 1.54) is 11.0 Å². The lowest BCUT2D eigenvalue weighted by molar-refractivity contribution is -0.142. The van der Waals surface area contributed by atoms with Gasteiger partial charge in [0.1, 0.15) is 11.2 Å². The second kappa shape index (κ2) is 8.79. The third-order valence-electron chi connectivity index (χ3n) is 6.77. The van der Waals surface area contributed by atoms with Crippen LogP contribution in [0, 0.1) is 5.82 Å². The molecule has 2 saturated heterocycles. The number of imide groups is 1. The lowest BCUT2D eigenvalue weighted by Gasteiger charge is -2.37. The van der Waals surface area contributed by atoms with Gasteiger partial charge in [0.25, 0.3) is 0 Å². The second-order valence-electron chi connectivity index (χ2n) is 8.64. The van der Waals surface area contributed by atoms with Crippen LogP contribution in [0.25, 0.3) is 0 Å². The van der Waals surface area contributed by atoms with Crippen LogP contribution < -0.4 is 4.90 Å². The lowest BCUT2D eigenvalue weighted by Crippen LogP contribution is -2.52. The molecule has 2 aliphatic heterocycles. The summed E-state index contributed by atoms with van der Waals surface area (Å²) in [5, 5.41) is 0. The monoisotopic (exact) mass is 443 g/mol. The molecule has 0 atom stereocenters. The molecule has 5 nitrogen and oxygen atoms in total. The Kier molecular flexibility index (Phi) is 5.68. The zero-order valence-corrected chi connectivity index (χ0v) is 18.4. The number of carbonyl (C=O) groups is 2. The van der Waals surface area contributed by atoms with E-state index in [9.17, 15) is 14.0 Å². The summed E-state index contributed by atoms with van der Waals surface area (Å²) in [6.07, 6.45) is 0.120. The molecule has 2 amide bonds. The fourth-order valence-corrected chi connectivity index (χ4v) is 4.99. The lowest BCUT2D eigenvalue weighted by atomic mass is 9.73. The minimum absolute atomic E-state index is 0.120. The van der Waals surface area contributed by atoms with Gasteiger partial charge in [-0.1, -0.05) is 72.8 Å². The van der Waals surface area contributed by atoms with Crippen molar-refractivity contribution in [1.29, 1.82) is 0 Å². The van der Waals surface area contributed by atoms with E-state index in [0.29, 0.717) is 31.9 Å². The zero-order valence-electron chi connectivity index (χ0n) is 18.4. The van der Waals surface area contributed by atoms with Gasteiger partial charge in [-0.25, -0.2) is 4.39 Å². The molecule has 3 aromatic rings. The highest BCUT2D eigenvalue weighted by Gasteiger charge is 2.54. The van der Waals surface area contributed by atoms with Gasteiger partial charge in [-0.2, -0.15) is 0 Å². The van der Waals surface area contributed by atoms with E-state index in [0.717, 1.165) is 11.1 Å². The van der Waals surface area contributed by atoms with Gasteiger partial charge in [0.15, 0.2) is 0 Å². The number of benzene rings is 3. The molecule has 33 heavy (non-hydrogen) atoms. The summed E-state index contributed by atoms with van der Waals surface area (Å²) in [6.45, 7) is 2.83. The number of piperazine rings is 1. The number of hydrogen-bond donors (Lipinski definition) is 0. The average Bonchev–Trinajstić information content (AvgIpc) is 3.12. The Morgan fingerprint density at radius 2 is 1.27 bits per heavy atom. The molecule has 0 saturated carbocycles. The third-order valence-corrected chi connectivity index (χ3v) is 6.77. The first kappa shape index (κ1) is 21.3. The zero-order chi connectivity index (χ0) is 22.8. The smallest absolute Gasteiger partial charge is 0.245 e. The van der Waals surface area contributed by atoms with Crippen LogP contribution in [0.4, 0.5) is 10.1 Å². The van der Waals surface area contributed by atoms with Crippen molar-refractivity contribution < 1.29 is 14.0 Å². The van der Waals surface area contributed by atoms with E-state index in [4.69, 9.17) is 0 Å². The molecule has 0 aliphatic carbocycles. The highest BCUT2D eigenvalue weighted by molar-refractivity contribution is 6.11. The first-order chi connectivity index (χ1) is 16.1. The number of carbonyl (C=O) groups excluding carboxylic acids is 2. The van der Waals surface area contributed by atoms with Crippen LogP contribution in [0.1, 0.15) is 17.5 Å². The summed E-state index contributed by atoms with van der Waals surface area (Å²) in [6, 6.07) is 25.9. The molecular formula is C27H26FN3O2. The van der Waals surface area contributed by atoms with Crippen molar-refractivity contribution in [3.05, 3.63) is 102 Å². The van der Waals surface area contributed by atoms with Crippen LogP contribution in [0.15, 0.2) is 84.9 Å². The predicted molar refractivity (Wildman–Crippen MR) is 125 cm³/mol. The number of amides is 2. The third kappa shape index (κ3) is 3.80. The van der Waals surface area contributed by atoms with E-state index >= 15 is 0 Å². The van der Waals surface area contributed by atoms with Crippen LogP contribution in [0.2, 0.25) is 0 Å². The Labute approximate surface area is 193 Å². The minimum atomic E-state index is -1.01. The van der Waals surface area contributed by atoms with Gasteiger partial charge in [-0.15, -0.1) is 0 Å². The van der Waals surface area contributed by atoms with Crippen molar-refractivity contribution in [2.75, 3.05) is 37.7 Å². The predicted octanol–water partition coefficient (Wildman–Crippen LogP) is 3.65. The summed E-state index contributed by atoms with van der Waals surface area (Å²) in [5.74, 6) is -0.572. The summed E-state index contributed by atoms with van der Waals surface area (Å²) < 4.78 is 14.2. The Morgan fingerprint density at radius 1 is 0.727 bits per heavy atom. The van der Waals surface area contributed by atoms with Crippen LogP contribution in [0.3, 0.4) is 0 Å². The number of anilines is 1. The summed E-state index contributed by atoms with van der Waals surface area (Å²) >= 11 is 0. The number of hydrogen-bond acceptors (Lipinski definition) is 4. The van der Waals surface area contributed by atoms with Crippen LogP contribution >= 0.6 is 0 Å². The van der Waals surface area contributed by atoms with Crippen molar-refractivity contribution in [3.8, 4) is 0 Å². The molecule has 0 unspecified atom stereocenters. The molecule has 0 bridgehead atoms. The fraction of sp³-hybridized carbons (Fsp3) is 0.259. The minimum Gasteiger partial charge on any atom is -0.367 e.